The molecule has 0 fully saturated rings. The summed E-state index contributed by atoms with van der Waals surface area (Å²) in [5.74, 6) is 0. The van der Waals surface area contributed by atoms with Crippen LogP contribution in [-0.4, -0.2) is 15.4 Å². The average molecular weight is 139 g/mol. The first kappa shape index (κ1) is 10.9. The maximum Gasteiger partial charge on any atom is 0.0841 e. The summed E-state index contributed by atoms with van der Waals surface area (Å²) in [5, 5.41) is 0. The summed E-state index contributed by atoms with van der Waals surface area (Å²) >= 11 is -2.32. The minimum atomic E-state index is -2.32. The molecule has 0 spiro atoms. The Bertz CT molecular complexity index is 55.2. The summed E-state index contributed by atoms with van der Waals surface area (Å²) in [7, 11) is 0. The van der Waals surface area contributed by atoms with Gasteiger partial charge in [-0.05, 0) is 6.92 Å². The Labute approximate surface area is 52.5 Å². The molecule has 0 aliphatic rings. The van der Waals surface area contributed by atoms with Crippen LogP contribution in [0, 0.1) is 0 Å². The third-order valence-corrected chi connectivity index (χ3v) is 0.642. The third-order valence-electron chi connectivity index (χ3n) is 0.214. The van der Waals surface area contributed by atoms with Crippen LogP contribution in [-0.2, 0) is 15.5 Å². The molecule has 0 heterocycles. The molecule has 0 aromatic heterocycles. The van der Waals surface area contributed by atoms with Crippen LogP contribution in [0.15, 0.2) is 0 Å². The molecule has 0 radical (unpaired) electrons. The molecular weight excluding hydrogens is 128 g/mol. The standard InChI is InChI=1S/C2H6O3S.C2H6/c1-2-5-6(3)4;1-2/h2H2,1H3,(H,3,4);1-2H3/p-1. The Balaban J connectivity index is 0. The monoisotopic (exact) mass is 139 g/mol. The van der Waals surface area contributed by atoms with Crippen LogP contribution in [0.1, 0.15) is 20.8 Å². The van der Waals surface area contributed by atoms with Crippen LogP contribution in [0.5, 0.6) is 0 Å². The van der Waals surface area contributed by atoms with Gasteiger partial charge in [0.2, 0.25) is 0 Å². The van der Waals surface area contributed by atoms with E-state index in [0.29, 0.717) is 0 Å². The van der Waals surface area contributed by atoms with Gasteiger partial charge in [0.25, 0.3) is 0 Å². The lowest BCUT2D eigenvalue weighted by molar-refractivity contribution is 0.318. The molecule has 0 aliphatic carbocycles. The number of hydrogen-bond acceptors (Lipinski definition) is 3. The first-order chi connectivity index (χ1) is 3.77. The van der Waals surface area contributed by atoms with E-state index in [0.717, 1.165) is 0 Å². The fourth-order valence-corrected chi connectivity index (χ4v) is 0.289. The van der Waals surface area contributed by atoms with Crippen molar-refractivity contribution in [3.8, 4) is 0 Å². The molecule has 0 aromatic carbocycles. The van der Waals surface area contributed by atoms with Gasteiger partial charge in [-0.2, -0.15) is 0 Å². The lowest BCUT2D eigenvalue weighted by atomic mass is 10.9. The summed E-state index contributed by atoms with van der Waals surface area (Å²) in [4.78, 5) is 0. The van der Waals surface area contributed by atoms with Gasteiger partial charge in [-0.1, -0.05) is 13.8 Å². The van der Waals surface area contributed by atoms with Crippen LogP contribution < -0.4 is 0 Å². The molecule has 0 saturated carbocycles. The molecule has 0 saturated heterocycles. The zero-order chi connectivity index (χ0) is 6.99. The van der Waals surface area contributed by atoms with Gasteiger partial charge in [-0.15, -0.1) is 0 Å². The maximum atomic E-state index is 9.38. The van der Waals surface area contributed by atoms with Crippen LogP contribution in [0.3, 0.4) is 0 Å². The molecular formula is C4H11O3S-. The summed E-state index contributed by atoms with van der Waals surface area (Å²) in [6.07, 6.45) is 0. The van der Waals surface area contributed by atoms with Gasteiger partial charge in [0.1, 0.15) is 0 Å². The zero-order valence-corrected chi connectivity index (χ0v) is 6.16. The van der Waals surface area contributed by atoms with E-state index in [2.05, 4.69) is 4.18 Å². The SMILES string of the molecule is CC.CCOS(=O)[O-]. The lowest BCUT2D eigenvalue weighted by Gasteiger charge is -1.98. The molecule has 1 unspecified atom stereocenters. The van der Waals surface area contributed by atoms with Gasteiger partial charge in [-0.25, -0.2) is 4.21 Å². The van der Waals surface area contributed by atoms with Gasteiger partial charge < -0.3 is 8.74 Å². The van der Waals surface area contributed by atoms with E-state index >= 15 is 0 Å². The van der Waals surface area contributed by atoms with Gasteiger partial charge in [-0.3, -0.25) is 0 Å². The fraction of sp³-hybridized carbons (Fsp3) is 1.00. The van der Waals surface area contributed by atoms with E-state index in [1.54, 1.807) is 6.92 Å². The normalized spacial score (nSPS) is 11.5. The molecule has 0 aliphatic heterocycles. The first-order valence-corrected chi connectivity index (χ1v) is 3.50. The van der Waals surface area contributed by atoms with Crippen molar-refractivity contribution in [2.24, 2.45) is 0 Å². The molecule has 52 valence electrons. The second kappa shape index (κ2) is 10.1. The van der Waals surface area contributed by atoms with Crippen molar-refractivity contribution in [3.05, 3.63) is 0 Å². The van der Waals surface area contributed by atoms with Crippen molar-refractivity contribution >= 4 is 11.4 Å². The average Bonchev–Trinajstić information content (AvgIpc) is 1.72. The van der Waals surface area contributed by atoms with Crippen molar-refractivity contribution in [1.82, 2.24) is 0 Å². The van der Waals surface area contributed by atoms with Crippen molar-refractivity contribution in [1.29, 1.82) is 0 Å². The maximum absolute atomic E-state index is 9.38. The topological polar surface area (TPSA) is 49.4 Å². The summed E-state index contributed by atoms with van der Waals surface area (Å²) < 4.78 is 22.7. The van der Waals surface area contributed by atoms with Crippen LogP contribution >= 0.6 is 0 Å². The summed E-state index contributed by atoms with van der Waals surface area (Å²) in [6.45, 7) is 5.83. The number of hydrogen-bond donors (Lipinski definition) is 0. The van der Waals surface area contributed by atoms with Crippen LogP contribution in [0.2, 0.25) is 0 Å². The quantitative estimate of drug-likeness (QED) is 0.533. The highest BCUT2D eigenvalue weighted by Crippen LogP contribution is 1.72. The number of rotatable bonds is 2. The highest BCUT2D eigenvalue weighted by Gasteiger charge is 1.70. The summed E-state index contributed by atoms with van der Waals surface area (Å²) in [5.41, 5.74) is 0. The Kier molecular flexibility index (Phi) is 13.9. The van der Waals surface area contributed by atoms with Crippen molar-refractivity contribution in [3.63, 3.8) is 0 Å². The van der Waals surface area contributed by atoms with Crippen molar-refractivity contribution < 1.29 is 12.9 Å². The van der Waals surface area contributed by atoms with E-state index in [4.69, 9.17) is 0 Å². The molecule has 1 atom stereocenters. The minimum Gasteiger partial charge on any atom is -0.750 e. The molecule has 4 heteroatoms. The molecule has 3 nitrogen and oxygen atoms in total. The second-order valence-corrected chi connectivity index (χ2v) is 1.25. The van der Waals surface area contributed by atoms with Crippen molar-refractivity contribution in [2.45, 2.75) is 20.8 Å². The second-order valence-electron chi connectivity index (χ2n) is 0.611. The molecule has 0 amide bonds. The molecule has 8 heavy (non-hydrogen) atoms. The van der Waals surface area contributed by atoms with Crippen LogP contribution in [0.25, 0.3) is 0 Å². The molecule has 0 N–H and O–H groups in total. The van der Waals surface area contributed by atoms with E-state index in [9.17, 15) is 8.76 Å². The van der Waals surface area contributed by atoms with Gasteiger partial charge in [0, 0.05) is 0 Å². The third kappa shape index (κ3) is 16.6. The smallest absolute Gasteiger partial charge is 0.0841 e. The van der Waals surface area contributed by atoms with Crippen molar-refractivity contribution in [2.75, 3.05) is 6.61 Å². The zero-order valence-electron chi connectivity index (χ0n) is 5.34. The van der Waals surface area contributed by atoms with E-state index in [-0.39, 0.29) is 6.61 Å². The Morgan fingerprint density at radius 2 is 2.00 bits per heavy atom. The van der Waals surface area contributed by atoms with Gasteiger partial charge in [0.15, 0.2) is 0 Å². The highest BCUT2D eigenvalue weighted by atomic mass is 32.2. The first-order valence-electron chi connectivity index (χ1n) is 2.50. The minimum absolute atomic E-state index is 0.218. The molecule has 0 rings (SSSR count). The molecule has 0 aromatic rings. The molecule has 0 bridgehead atoms. The predicted octanol–water partition coefficient (Wildman–Crippen LogP) is 0.843. The fourth-order valence-electron chi connectivity index (χ4n) is 0.0962. The van der Waals surface area contributed by atoms with Gasteiger partial charge >= 0.3 is 0 Å². The van der Waals surface area contributed by atoms with E-state index in [1.165, 1.54) is 0 Å². The highest BCUT2D eigenvalue weighted by molar-refractivity contribution is 7.74. The van der Waals surface area contributed by atoms with E-state index < -0.39 is 11.4 Å². The Hall–Kier alpha value is 0.0700. The van der Waals surface area contributed by atoms with Gasteiger partial charge in [0.05, 0.1) is 18.0 Å². The lowest BCUT2D eigenvalue weighted by Crippen LogP contribution is -1.92. The predicted molar refractivity (Wildman–Crippen MR) is 31.9 cm³/mol. The van der Waals surface area contributed by atoms with Crippen LogP contribution in [0.4, 0.5) is 0 Å². The van der Waals surface area contributed by atoms with E-state index in [1.807, 2.05) is 13.8 Å². The Morgan fingerprint density at radius 3 is 2.00 bits per heavy atom. The Morgan fingerprint density at radius 1 is 1.62 bits per heavy atom. The summed E-state index contributed by atoms with van der Waals surface area (Å²) in [6, 6.07) is 0. The largest absolute Gasteiger partial charge is 0.750 e.